The number of nitrogens with zero attached hydrogens (tertiary/aromatic N) is 6. The van der Waals surface area contributed by atoms with Crippen LogP contribution in [0.3, 0.4) is 0 Å². The molecular weight excluding hydrogens is 685 g/mol. The molecule has 0 amide bonds. The number of aromatic nitrogens is 6. The molecule has 0 aliphatic heterocycles. The number of methoxy groups -OCH3 is 1. The summed E-state index contributed by atoms with van der Waals surface area (Å²) in [5.41, 5.74) is 8.49. The Morgan fingerprint density at radius 2 is 1.24 bits per heavy atom. The van der Waals surface area contributed by atoms with Gasteiger partial charge >= 0.3 is 0 Å². The molecule has 55 heavy (non-hydrogen) atoms. The van der Waals surface area contributed by atoms with Gasteiger partial charge in [0.1, 0.15) is 24.5 Å². The summed E-state index contributed by atoms with van der Waals surface area (Å²) in [7, 11) is 1.64. The zero-order valence-corrected chi connectivity index (χ0v) is 30.7. The van der Waals surface area contributed by atoms with E-state index in [0.29, 0.717) is 42.8 Å². The minimum atomic E-state index is -0.863. The number of tetrazole rings is 1. The van der Waals surface area contributed by atoms with Gasteiger partial charge in [-0.05, 0) is 51.1 Å². The molecule has 0 fully saturated rings. The molecule has 0 saturated heterocycles. The van der Waals surface area contributed by atoms with Crippen molar-refractivity contribution in [1.82, 2.24) is 30.2 Å². The Kier molecular flexibility index (Phi) is 10.4. The molecule has 8 rings (SSSR count). The largest absolute Gasteiger partial charge is 0.486 e. The van der Waals surface area contributed by atoms with Crippen LogP contribution in [0.1, 0.15) is 34.9 Å². The van der Waals surface area contributed by atoms with Crippen LogP contribution in [0.5, 0.6) is 11.6 Å². The van der Waals surface area contributed by atoms with Crippen molar-refractivity contribution in [2.45, 2.75) is 25.5 Å². The Labute approximate surface area is 320 Å². The van der Waals surface area contributed by atoms with Gasteiger partial charge in [0.25, 0.3) is 0 Å². The summed E-state index contributed by atoms with van der Waals surface area (Å²) in [5.74, 6) is 1.70. The number of hydrogen-bond donors (Lipinski definition) is 0. The molecule has 0 unspecified atom stereocenters. The molecule has 0 atom stereocenters. The summed E-state index contributed by atoms with van der Waals surface area (Å²) in [4.78, 5) is 11.2. The van der Waals surface area contributed by atoms with Gasteiger partial charge in [0, 0.05) is 30.5 Å². The SMILES string of the molecule is CCc1cc(OCc2ccc(-c3ccccc3-c3nnn(C(c4ccccc4)(c4ccccc4)c4ccccc4)n3)cc2)c2nc(OCCOC)ccc2n1. The Bertz CT molecular complexity index is 2390. The normalized spacial score (nSPS) is 11.5. The van der Waals surface area contributed by atoms with Crippen LogP contribution in [0.15, 0.2) is 158 Å². The molecule has 8 aromatic rings. The molecule has 0 spiro atoms. The first-order valence-corrected chi connectivity index (χ1v) is 18.4. The van der Waals surface area contributed by atoms with Crippen LogP contribution in [-0.2, 0) is 23.3 Å². The summed E-state index contributed by atoms with van der Waals surface area (Å²) < 4.78 is 17.3. The van der Waals surface area contributed by atoms with Gasteiger partial charge in [-0.25, -0.2) is 4.98 Å². The predicted molar refractivity (Wildman–Crippen MR) is 214 cm³/mol. The molecule has 0 aliphatic carbocycles. The quantitative estimate of drug-likeness (QED) is 0.0810. The molecular formula is C46H40N6O3. The van der Waals surface area contributed by atoms with E-state index >= 15 is 0 Å². The van der Waals surface area contributed by atoms with Crippen LogP contribution in [0.2, 0.25) is 0 Å². The van der Waals surface area contributed by atoms with Crippen molar-refractivity contribution in [3.8, 4) is 34.1 Å². The summed E-state index contributed by atoms with van der Waals surface area (Å²) in [5, 5.41) is 14.7. The fraction of sp³-hybridized carbons (Fsp3) is 0.152. The second kappa shape index (κ2) is 16.1. The van der Waals surface area contributed by atoms with E-state index in [1.54, 1.807) is 11.9 Å². The second-order valence-electron chi connectivity index (χ2n) is 13.1. The third-order valence-corrected chi connectivity index (χ3v) is 9.66. The summed E-state index contributed by atoms with van der Waals surface area (Å²) >= 11 is 0. The van der Waals surface area contributed by atoms with Gasteiger partial charge in [-0.15, -0.1) is 15.0 Å². The highest BCUT2D eigenvalue weighted by molar-refractivity contribution is 5.82. The Morgan fingerprint density at radius 1 is 0.618 bits per heavy atom. The second-order valence-corrected chi connectivity index (χ2v) is 13.1. The number of fused-ring (bicyclic) bond motifs is 1. The van der Waals surface area contributed by atoms with E-state index in [1.807, 2.05) is 91.0 Å². The van der Waals surface area contributed by atoms with Crippen molar-refractivity contribution in [2.24, 2.45) is 0 Å². The van der Waals surface area contributed by atoms with Gasteiger partial charge in [0.05, 0.1) is 12.1 Å². The van der Waals surface area contributed by atoms with Crippen LogP contribution in [0.25, 0.3) is 33.5 Å². The maximum atomic E-state index is 6.40. The molecule has 9 nitrogen and oxygen atoms in total. The lowest BCUT2D eigenvalue weighted by molar-refractivity contribution is 0.144. The molecule has 272 valence electrons. The van der Waals surface area contributed by atoms with E-state index in [0.717, 1.165) is 56.6 Å². The summed E-state index contributed by atoms with van der Waals surface area (Å²) in [6.45, 7) is 3.32. The van der Waals surface area contributed by atoms with Gasteiger partial charge in [-0.3, -0.25) is 4.98 Å². The number of ether oxygens (including phenoxy) is 3. The van der Waals surface area contributed by atoms with Crippen LogP contribution in [0.4, 0.5) is 0 Å². The highest BCUT2D eigenvalue weighted by Gasteiger charge is 2.41. The highest BCUT2D eigenvalue weighted by Crippen LogP contribution is 2.40. The zero-order chi connectivity index (χ0) is 37.5. The van der Waals surface area contributed by atoms with Gasteiger partial charge < -0.3 is 14.2 Å². The molecule has 3 aromatic heterocycles. The van der Waals surface area contributed by atoms with Crippen molar-refractivity contribution >= 4 is 11.0 Å². The molecule has 0 N–H and O–H groups in total. The van der Waals surface area contributed by atoms with Crippen LogP contribution >= 0.6 is 0 Å². The Hall–Kier alpha value is -6.71. The lowest BCUT2D eigenvalue weighted by Gasteiger charge is -2.34. The molecule has 5 aromatic carbocycles. The fourth-order valence-corrected chi connectivity index (χ4v) is 6.93. The van der Waals surface area contributed by atoms with E-state index in [9.17, 15) is 0 Å². The number of aryl methyl sites for hydroxylation is 1. The molecule has 0 saturated carbocycles. The van der Waals surface area contributed by atoms with E-state index in [4.69, 9.17) is 39.6 Å². The molecule has 0 bridgehead atoms. The molecule has 3 heterocycles. The summed E-state index contributed by atoms with van der Waals surface area (Å²) in [6.07, 6.45) is 0.779. The first kappa shape index (κ1) is 35.3. The van der Waals surface area contributed by atoms with Crippen molar-refractivity contribution in [2.75, 3.05) is 20.3 Å². The van der Waals surface area contributed by atoms with Crippen molar-refractivity contribution in [3.05, 3.63) is 186 Å². The maximum absolute atomic E-state index is 6.40. The first-order valence-electron chi connectivity index (χ1n) is 18.4. The van der Waals surface area contributed by atoms with E-state index in [1.165, 1.54) is 0 Å². The molecule has 0 radical (unpaired) electrons. The van der Waals surface area contributed by atoms with Crippen LogP contribution < -0.4 is 9.47 Å². The minimum absolute atomic E-state index is 0.358. The average molecular weight is 725 g/mol. The first-order chi connectivity index (χ1) is 27.2. The van der Waals surface area contributed by atoms with E-state index in [-0.39, 0.29) is 0 Å². The lowest BCUT2D eigenvalue weighted by atomic mass is 9.77. The number of pyridine rings is 2. The van der Waals surface area contributed by atoms with Gasteiger partial charge in [-0.1, -0.05) is 146 Å². The Balaban J connectivity index is 1.10. The van der Waals surface area contributed by atoms with Gasteiger partial charge in [0.2, 0.25) is 11.7 Å². The van der Waals surface area contributed by atoms with Gasteiger partial charge in [0.15, 0.2) is 5.54 Å². The Morgan fingerprint density at radius 3 is 1.85 bits per heavy atom. The topological polar surface area (TPSA) is 97.1 Å². The lowest BCUT2D eigenvalue weighted by Crippen LogP contribution is -2.39. The van der Waals surface area contributed by atoms with E-state index in [2.05, 4.69) is 73.7 Å². The van der Waals surface area contributed by atoms with E-state index < -0.39 is 5.54 Å². The van der Waals surface area contributed by atoms with Gasteiger partial charge in [-0.2, -0.15) is 0 Å². The average Bonchev–Trinajstić information content (AvgIpc) is 3.75. The zero-order valence-electron chi connectivity index (χ0n) is 30.7. The summed E-state index contributed by atoms with van der Waals surface area (Å²) in [6, 6.07) is 53.3. The molecule has 0 aliphatic rings. The van der Waals surface area contributed by atoms with Crippen molar-refractivity contribution in [3.63, 3.8) is 0 Å². The number of rotatable bonds is 14. The smallest absolute Gasteiger partial charge is 0.214 e. The van der Waals surface area contributed by atoms with Crippen LogP contribution in [-0.4, -0.2) is 50.5 Å². The minimum Gasteiger partial charge on any atom is -0.486 e. The van der Waals surface area contributed by atoms with Crippen molar-refractivity contribution in [1.29, 1.82) is 0 Å². The van der Waals surface area contributed by atoms with Crippen molar-refractivity contribution < 1.29 is 14.2 Å². The third-order valence-electron chi connectivity index (χ3n) is 9.66. The fourth-order valence-electron chi connectivity index (χ4n) is 6.93. The van der Waals surface area contributed by atoms with Crippen LogP contribution in [0, 0.1) is 0 Å². The highest BCUT2D eigenvalue weighted by atomic mass is 16.5. The monoisotopic (exact) mass is 724 g/mol. The number of benzene rings is 5. The maximum Gasteiger partial charge on any atom is 0.214 e. The third kappa shape index (κ3) is 7.17. The standard InChI is InChI=1S/C46H40N6O3/c1-3-38-31-42(44-41(47-38)27-28-43(48-44)54-30-29-53-2)55-32-33-23-25-34(26-24-33)39-21-13-14-22-40(39)45-49-51-52(50-45)46(35-15-7-4-8-16-35,36-17-9-5-10-18-36)37-19-11-6-12-20-37/h4-28,31H,3,29-30,32H2,1-2H3. The number of hydrogen-bond acceptors (Lipinski definition) is 8. The predicted octanol–water partition coefficient (Wildman–Crippen LogP) is 8.96. The molecule has 9 heteroatoms.